The van der Waals surface area contributed by atoms with Crippen molar-refractivity contribution >= 4 is 34.5 Å². The number of amides is 1. The number of hydrogen-bond acceptors (Lipinski definition) is 5. The van der Waals surface area contributed by atoms with Crippen LogP contribution in [-0.2, 0) is 14.3 Å². The molecule has 0 saturated heterocycles. The third-order valence-corrected chi connectivity index (χ3v) is 3.79. The average Bonchev–Trinajstić information content (AvgIpc) is 2.55. The van der Waals surface area contributed by atoms with Crippen molar-refractivity contribution in [3.8, 4) is 0 Å². The number of hydrogen-bond donors (Lipinski definition) is 0. The Labute approximate surface area is 103 Å². The first-order valence-corrected chi connectivity index (χ1v) is 6.09. The molecule has 2 aliphatic heterocycles. The lowest BCUT2D eigenvalue weighted by atomic mass is 10.0. The molecule has 17 heavy (non-hydrogen) atoms. The van der Waals surface area contributed by atoms with Crippen molar-refractivity contribution in [2.45, 2.75) is 20.8 Å². The van der Waals surface area contributed by atoms with E-state index in [9.17, 15) is 9.59 Å². The summed E-state index contributed by atoms with van der Waals surface area (Å²) in [5.74, 6) is -1.51. The number of thioether (sulfide) groups is 1. The highest BCUT2D eigenvalue weighted by atomic mass is 32.2. The number of aliphatic imine (C=N–C) groups is 2. The van der Waals surface area contributed by atoms with E-state index in [1.165, 1.54) is 11.8 Å². The van der Waals surface area contributed by atoms with Crippen molar-refractivity contribution in [1.82, 2.24) is 0 Å². The summed E-state index contributed by atoms with van der Waals surface area (Å²) in [6.45, 7) is 5.75. The van der Waals surface area contributed by atoms with Gasteiger partial charge in [0, 0.05) is 0 Å². The summed E-state index contributed by atoms with van der Waals surface area (Å²) in [6, 6.07) is 0. The van der Waals surface area contributed by atoms with E-state index in [1.807, 2.05) is 13.8 Å². The maximum Gasteiger partial charge on any atom is 0.376 e. The van der Waals surface area contributed by atoms with Gasteiger partial charge in [0.1, 0.15) is 5.92 Å². The van der Waals surface area contributed by atoms with E-state index in [0.717, 1.165) is 10.5 Å². The molecule has 0 saturated carbocycles. The number of esters is 1. The van der Waals surface area contributed by atoms with Crippen molar-refractivity contribution in [2.24, 2.45) is 15.9 Å². The van der Waals surface area contributed by atoms with Gasteiger partial charge in [-0.1, -0.05) is 11.8 Å². The third kappa shape index (κ3) is 2.04. The van der Waals surface area contributed by atoms with Crippen LogP contribution in [0, 0.1) is 5.92 Å². The monoisotopic (exact) mass is 252 g/mol. The molecule has 5 nitrogen and oxygen atoms in total. The summed E-state index contributed by atoms with van der Waals surface area (Å²) < 4.78 is 4.78. The van der Waals surface area contributed by atoms with Gasteiger partial charge in [0.2, 0.25) is 5.84 Å². The van der Waals surface area contributed by atoms with Crippen LogP contribution in [0.25, 0.3) is 0 Å². The molecular formula is C11H12N2O3S. The fraction of sp³-hybridized carbons (Fsp3) is 0.455. The third-order valence-electron chi connectivity index (χ3n) is 2.63. The minimum absolute atomic E-state index is 0.141. The summed E-state index contributed by atoms with van der Waals surface area (Å²) in [4.78, 5) is 32.1. The standard InChI is InChI=1S/C11H12N2O3S/c1-4-16-11(15)8-12-9(14)7-5(2)6(3)17-10(7)13-8/h7H,4H2,1-3H3. The van der Waals surface area contributed by atoms with Gasteiger partial charge in [-0.25, -0.2) is 9.79 Å². The molecule has 0 spiro atoms. The highest BCUT2D eigenvalue weighted by Gasteiger charge is 2.38. The second kappa shape index (κ2) is 4.44. The van der Waals surface area contributed by atoms with Gasteiger partial charge in [0.25, 0.3) is 5.91 Å². The Morgan fingerprint density at radius 3 is 2.76 bits per heavy atom. The van der Waals surface area contributed by atoms with Gasteiger partial charge >= 0.3 is 5.97 Å². The topological polar surface area (TPSA) is 68.1 Å². The van der Waals surface area contributed by atoms with E-state index < -0.39 is 11.9 Å². The second-order valence-corrected chi connectivity index (χ2v) is 4.95. The van der Waals surface area contributed by atoms with Crippen molar-refractivity contribution in [3.05, 3.63) is 10.5 Å². The zero-order valence-electron chi connectivity index (χ0n) is 9.81. The molecule has 0 aromatic carbocycles. The van der Waals surface area contributed by atoms with E-state index in [-0.39, 0.29) is 18.3 Å². The van der Waals surface area contributed by atoms with Crippen LogP contribution < -0.4 is 0 Å². The molecule has 0 fully saturated rings. The fourth-order valence-corrected chi connectivity index (χ4v) is 2.77. The van der Waals surface area contributed by atoms with Crippen LogP contribution in [0.3, 0.4) is 0 Å². The van der Waals surface area contributed by atoms with E-state index in [4.69, 9.17) is 4.74 Å². The van der Waals surface area contributed by atoms with Gasteiger partial charge < -0.3 is 4.74 Å². The van der Waals surface area contributed by atoms with Crippen LogP contribution in [0.2, 0.25) is 0 Å². The summed E-state index contributed by atoms with van der Waals surface area (Å²) in [7, 11) is 0. The lowest BCUT2D eigenvalue weighted by Gasteiger charge is -2.13. The van der Waals surface area contributed by atoms with Gasteiger partial charge in [0.15, 0.2) is 0 Å². The Balaban J connectivity index is 2.29. The quantitative estimate of drug-likeness (QED) is 0.699. The molecule has 0 bridgehead atoms. The van der Waals surface area contributed by atoms with Crippen LogP contribution in [0.1, 0.15) is 20.8 Å². The Bertz CT molecular complexity index is 491. The average molecular weight is 252 g/mol. The molecule has 1 atom stereocenters. The molecule has 0 aliphatic carbocycles. The first-order chi connectivity index (χ1) is 8.04. The van der Waals surface area contributed by atoms with Gasteiger partial charge in [-0.2, -0.15) is 4.99 Å². The number of fused-ring (bicyclic) bond motifs is 1. The molecule has 1 amide bonds. The van der Waals surface area contributed by atoms with E-state index in [0.29, 0.717) is 5.04 Å². The molecule has 2 rings (SSSR count). The lowest BCUT2D eigenvalue weighted by molar-refractivity contribution is -0.135. The van der Waals surface area contributed by atoms with Gasteiger partial charge in [-0.05, 0) is 31.2 Å². The summed E-state index contributed by atoms with van der Waals surface area (Å²) >= 11 is 1.42. The van der Waals surface area contributed by atoms with Crippen molar-refractivity contribution in [1.29, 1.82) is 0 Å². The SMILES string of the molecule is CCOC(=O)C1=NC(=O)C2C(=N1)SC(C)=C2C. The molecule has 1 unspecified atom stereocenters. The molecule has 90 valence electrons. The van der Waals surface area contributed by atoms with Crippen molar-refractivity contribution < 1.29 is 14.3 Å². The Morgan fingerprint density at radius 2 is 2.12 bits per heavy atom. The van der Waals surface area contributed by atoms with Gasteiger partial charge in [-0.3, -0.25) is 4.79 Å². The number of ether oxygens (including phenoxy) is 1. The van der Waals surface area contributed by atoms with Crippen LogP contribution in [-0.4, -0.2) is 29.4 Å². The number of amidine groups is 1. The summed E-state index contributed by atoms with van der Waals surface area (Å²) in [6.07, 6.45) is 0. The Morgan fingerprint density at radius 1 is 1.41 bits per heavy atom. The van der Waals surface area contributed by atoms with Crippen molar-refractivity contribution in [2.75, 3.05) is 6.61 Å². The molecular weight excluding hydrogens is 240 g/mol. The minimum atomic E-state index is -0.644. The number of carbonyl (C=O) groups is 2. The predicted octanol–water partition coefficient (Wildman–Crippen LogP) is 1.54. The number of allylic oxidation sites excluding steroid dienone is 1. The van der Waals surface area contributed by atoms with Crippen molar-refractivity contribution in [3.63, 3.8) is 0 Å². The van der Waals surface area contributed by atoms with E-state index in [2.05, 4.69) is 9.98 Å². The van der Waals surface area contributed by atoms with E-state index >= 15 is 0 Å². The lowest BCUT2D eigenvalue weighted by Crippen LogP contribution is -2.29. The molecule has 2 heterocycles. The van der Waals surface area contributed by atoms with Crippen LogP contribution in [0.15, 0.2) is 20.5 Å². The maximum absolute atomic E-state index is 11.8. The van der Waals surface area contributed by atoms with Crippen LogP contribution in [0.5, 0.6) is 0 Å². The largest absolute Gasteiger partial charge is 0.460 e. The smallest absolute Gasteiger partial charge is 0.376 e. The highest BCUT2D eigenvalue weighted by Crippen LogP contribution is 2.39. The van der Waals surface area contributed by atoms with Gasteiger partial charge in [0.05, 0.1) is 11.7 Å². The van der Waals surface area contributed by atoms with Gasteiger partial charge in [-0.15, -0.1) is 0 Å². The Hall–Kier alpha value is -1.43. The zero-order valence-corrected chi connectivity index (χ0v) is 10.6. The predicted molar refractivity (Wildman–Crippen MR) is 66.0 cm³/mol. The zero-order chi connectivity index (χ0) is 12.6. The number of nitrogens with zero attached hydrogens (tertiary/aromatic N) is 2. The van der Waals surface area contributed by atoms with Crippen LogP contribution in [0.4, 0.5) is 0 Å². The maximum atomic E-state index is 11.8. The second-order valence-electron chi connectivity index (χ2n) is 3.72. The minimum Gasteiger partial charge on any atom is -0.460 e. The molecule has 0 radical (unpaired) electrons. The highest BCUT2D eigenvalue weighted by molar-refractivity contribution is 8.17. The molecule has 6 heteroatoms. The molecule has 0 N–H and O–H groups in total. The molecule has 0 aromatic rings. The summed E-state index contributed by atoms with van der Waals surface area (Å²) in [5, 5.41) is 0.628. The van der Waals surface area contributed by atoms with E-state index in [1.54, 1.807) is 6.92 Å². The molecule has 2 aliphatic rings. The Kier molecular flexibility index (Phi) is 3.15. The molecule has 0 aromatic heterocycles. The fourth-order valence-electron chi connectivity index (χ4n) is 1.65. The first-order valence-electron chi connectivity index (χ1n) is 5.28. The van der Waals surface area contributed by atoms with Crippen LogP contribution >= 0.6 is 11.8 Å². The number of carbonyl (C=O) groups excluding carboxylic acids is 2. The normalized spacial score (nSPS) is 23.2. The summed E-state index contributed by atoms with van der Waals surface area (Å²) in [5.41, 5.74) is 0.963. The first kappa shape index (κ1) is 12.0. The number of rotatable bonds is 2.